The fourth-order valence-electron chi connectivity index (χ4n) is 2.35. The number of carbonyl (C=O) groups is 1. The second-order valence-electron chi connectivity index (χ2n) is 6.34. The second-order valence-corrected chi connectivity index (χ2v) is 13.6. The Morgan fingerprint density at radius 1 is 0.588 bits per heavy atom. The summed E-state index contributed by atoms with van der Waals surface area (Å²) >= 11 is 72.5. The van der Waals surface area contributed by atoms with Crippen LogP contribution in [0.4, 0.5) is 16.2 Å². The Hall–Kier alpha value is 0.790. The van der Waals surface area contributed by atoms with Crippen LogP contribution in [0, 0.1) is 0 Å². The maximum Gasteiger partial charge on any atom is 0.318 e. The average molecular weight is 712 g/mol. The monoisotopic (exact) mass is 706 g/mol. The van der Waals surface area contributed by atoms with Crippen molar-refractivity contribution in [3.8, 4) is 0 Å². The maximum atomic E-state index is 12.8. The third kappa shape index (κ3) is 8.97. The molecular weight excluding hydrogens is 702 g/mol. The lowest BCUT2D eigenvalue weighted by molar-refractivity contribution is 0.235. The molecule has 0 saturated carbocycles. The van der Waals surface area contributed by atoms with E-state index in [0.29, 0.717) is 0 Å². The third-order valence-corrected chi connectivity index (χ3v) is 6.73. The number of hydrogen-bond acceptors (Lipinski definition) is 3. The summed E-state index contributed by atoms with van der Waals surface area (Å²) in [5.41, 5.74) is 0.278. The predicted molar refractivity (Wildman–Crippen MR) is 150 cm³/mol. The molecule has 4 N–H and O–H groups in total. The number of amides is 2. The van der Waals surface area contributed by atoms with Crippen LogP contribution in [0.25, 0.3) is 0 Å². The first-order chi connectivity index (χ1) is 15.5. The second kappa shape index (κ2) is 12.6. The van der Waals surface area contributed by atoms with Crippen molar-refractivity contribution in [1.29, 1.82) is 0 Å². The summed E-state index contributed by atoms with van der Waals surface area (Å²) in [5, 5.41) is 11.2. The van der Waals surface area contributed by atoms with Crippen LogP contribution in [0.3, 0.4) is 0 Å². The summed E-state index contributed by atoms with van der Waals surface area (Å²) in [7, 11) is 0. The van der Waals surface area contributed by atoms with Gasteiger partial charge in [-0.15, -0.1) is 0 Å². The lowest BCUT2D eigenvalue weighted by Gasteiger charge is -2.31. The van der Waals surface area contributed by atoms with Gasteiger partial charge < -0.3 is 21.3 Å². The summed E-state index contributed by atoms with van der Waals surface area (Å²) in [6, 6.07) is 4.66. The van der Waals surface area contributed by atoms with Crippen LogP contribution in [0.15, 0.2) is 24.3 Å². The Labute approximate surface area is 254 Å². The first kappa shape index (κ1) is 31.0. The molecule has 0 aliphatic heterocycles. The first-order valence-electron chi connectivity index (χ1n) is 8.51. The van der Waals surface area contributed by atoms with Gasteiger partial charge in [0.25, 0.3) is 0 Å². The molecule has 0 spiro atoms. The van der Waals surface area contributed by atoms with Crippen LogP contribution >= 0.6 is 139 Å². The Morgan fingerprint density at radius 2 is 0.853 bits per heavy atom. The number of nitrogens with one attached hydrogen (secondary N) is 4. The maximum absolute atomic E-state index is 12.8. The molecule has 0 aliphatic rings. The SMILES string of the molecule is O=C(N[C@H](Nc1c(Cl)cc(Cl)cc1Cl)C(Cl)(Cl)Cl)N[C@@H](Nc1c(Cl)cc(Cl)cc1Cl)C(Cl)(Cl)Cl. The fraction of sp³-hybridized carbons (Fsp3) is 0.235. The Balaban J connectivity index is 2.25. The molecule has 5 nitrogen and oxygen atoms in total. The lowest BCUT2D eigenvalue weighted by atomic mass is 10.3. The molecule has 0 aromatic heterocycles. The summed E-state index contributed by atoms with van der Waals surface area (Å²) in [4.78, 5) is 12.8. The van der Waals surface area contributed by atoms with Gasteiger partial charge in [-0.25, -0.2) is 4.79 Å². The topological polar surface area (TPSA) is 65.2 Å². The normalized spacial score (nSPS) is 13.8. The zero-order valence-corrected chi connectivity index (χ0v) is 25.0. The van der Waals surface area contributed by atoms with E-state index < -0.39 is 25.9 Å². The molecule has 0 fully saturated rings. The highest BCUT2D eigenvalue weighted by molar-refractivity contribution is 6.69. The van der Waals surface area contributed by atoms with Gasteiger partial charge in [0.2, 0.25) is 7.59 Å². The van der Waals surface area contributed by atoms with Gasteiger partial charge in [0.15, 0.2) is 0 Å². The quantitative estimate of drug-likeness (QED) is 0.178. The van der Waals surface area contributed by atoms with Crippen LogP contribution in [0.1, 0.15) is 0 Å². The number of carbonyl (C=O) groups excluding carboxylic acids is 1. The van der Waals surface area contributed by atoms with Crippen LogP contribution in [-0.2, 0) is 0 Å². The van der Waals surface area contributed by atoms with E-state index in [1.54, 1.807) is 0 Å². The molecule has 0 radical (unpaired) electrons. The Bertz CT molecular complexity index is 928. The van der Waals surface area contributed by atoms with Crippen LogP contribution in [-0.4, -0.2) is 25.9 Å². The van der Waals surface area contributed by atoms with Crippen molar-refractivity contribution >= 4 is 157 Å². The molecule has 34 heavy (non-hydrogen) atoms. The van der Waals surface area contributed by atoms with Crippen LogP contribution in [0.5, 0.6) is 0 Å². The smallest absolute Gasteiger partial charge is 0.318 e. The van der Waals surface area contributed by atoms with Crippen molar-refractivity contribution in [2.45, 2.75) is 19.9 Å². The third-order valence-electron chi connectivity index (χ3n) is 3.80. The minimum Gasteiger partial charge on any atom is -0.359 e. The van der Waals surface area contributed by atoms with E-state index in [1.165, 1.54) is 24.3 Å². The number of anilines is 2. The lowest BCUT2D eigenvalue weighted by Crippen LogP contribution is -2.58. The van der Waals surface area contributed by atoms with Crippen molar-refractivity contribution < 1.29 is 4.79 Å². The van der Waals surface area contributed by atoms with E-state index >= 15 is 0 Å². The van der Waals surface area contributed by atoms with E-state index in [-0.39, 0.29) is 41.5 Å². The van der Waals surface area contributed by atoms with Crippen molar-refractivity contribution in [3.05, 3.63) is 54.4 Å². The van der Waals surface area contributed by atoms with Crippen LogP contribution in [0.2, 0.25) is 30.1 Å². The van der Waals surface area contributed by atoms with Crippen molar-refractivity contribution in [2.75, 3.05) is 10.6 Å². The van der Waals surface area contributed by atoms with Gasteiger partial charge in [-0.05, 0) is 24.3 Å². The minimum absolute atomic E-state index is 0.104. The Kier molecular flexibility index (Phi) is 11.5. The zero-order valence-electron chi connectivity index (χ0n) is 15.9. The van der Waals surface area contributed by atoms with Crippen molar-refractivity contribution in [2.24, 2.45) is 0 Å². The van der Waals surface area contributed by atoms with Gasteiger partial charge in [0.1, 0.15) is 12.3 Å². The predicted octanol–water partition coefficient (Wildman–Crippen LogP) is 9.82. The number of urea groups is 1. The van der Waals surface area contributed by atoms with Gasteiger partial charge >= 0.3 is 6.03 Å². The average Bonchev–Trinajstić information content (AvgIpc) is 2.63. The molecule has 2 amide bonds. The molecule has 17 heteroatoms. The number of hydrogen-bond donors (Lipinski definition) is 4. The molecule has 2 aromatic rings. The molecule has 0 saturated heterocycles. The zero-order chi connectivity index (χ0) is 26.0. The Morgan fingerprint density at radius 3 is 1.09 bits per heavy atom. The van der Waals surface area contributed by atoms with Gasteiger partial charge in [0, 0.05) is 10.0 Å². The molecule has 2 rings (SSSR count). The minimum atomic E-state index is -2.09. The fourth-order valence-corrected chi connectivity index (χ4v) is 4.86. The molecule has 2 aromatic carbocycles. The highest BCUT2D eigenvalue weighted by atomic mass is 35.6. The highest BCUT2D eigenvalue weighted by Crippen LogP contribution is 2.39. The standard InChI is InChI=1S/C17H10Cl12N4O/c18-5-1-7(20)11(8(21)2-5)30-13(16(24,25)26)32-15(34)33-14(17(27,28)29)31-12-9(22)3-6(19)4-10(12)23/h1-4,13-14,30-31H,(H2,32,33,34)/t13-,14+. The summed E-state index contributed by atoms with van der Waals surface area (Å²) in [5.74, 6) is 0. The highest BCUT2D eigenvalue weighted by Gasteiger charge is 2.38. The van der Waals surface area contributed by atoms with E-state index in [0.717, 1.165) is 0 Å². The van der Waals surface area contributed by atoms with E-state index in [1.807, 2.05) is 0 Å². The number of rotatable bonds is 6. The largest absolute Gasteiger partial charge is 0.359 e. The molecule has 0 heterocycles. The van der Waals surface area contributed by atoms with Gasteiger partial charge in [-0.3, -0.25) is 0 Å². The molecular formula is C17H10Cl12N4O. The van der Waals surface area contributed by atoms with Gasteiger partial charge in [0.05, 0.1) is 31.5 Å². The van der Waals surface area contributed by atoms with E-state index in [4.69, 9.17) is 139 Å². The van der Waals surface area contributed by atoms with Crippen molar-refractivity contribution in [3.63, 3.8) is 0 Å². The van der Waals surface area contributed by atoms with E-state index in [9.17, 15) is 4.79 Å². The van der Waals surface area contributed by atoms with Gasteiger partial charge in [-0.1, -0.05) is 139 Å². The first-order valence-corrected chi connectivity index (χ1v) is 13.0. The molecule has 188 valence electrons. The summed E-state index contributed by atoms with van der Waals surface area (Å²) in [6.45, 7) is 0. The molecule has 0 unspecified atom stereocenters. The van der Waals surface area contributed by atoms with E-state index in [2.05, 4.69) is 21.3 Å². The summed E-state index contributed by atoms with van der Waals surface area (Å²) in [6.07, 6.45) is -2.74. The number of benzene rings is 2. The molecule has 0 aliphatic carbocycles. The number of alkyl halides is 6. The summed E-state index contributed by atoms with van der Waals surface area (Å²) < 4.78 is -4.18. The molecule has 0 bridgehead atoms. The molecule has 2 atom stereocenters. The van der Waals surface area contributed by atoms with Gasteiger partial charge in [-0.2, -0.15) is 0 Å². The van der Waals surface area contributed by atoms with Crippen LogP contribution < -0.4 is 21.3 Å². The van der Waals surface area contributed by atoms with Crippen molar-refractivity contribution in [1.82, 2.24) is 10.6 Å². The number of halogens is 12.